The van der Waals surface area contributed by atoms with Gasteiger partial charge in [-0.25, -0.2) is 13.9 Å². The zero-order chi connectivity index (χ0) is 18.8. The number of aryl methyl sites for hydroxylation is 2. The van der Waals surface area contributed by atoms with Gasteiger partial charge in [0.2, 0.25) is 0 Å². The van der Waals surface area contributed by atoms with Gasteiger partial charge in [-0.2, -0.15) is 0 Å². The second-order valence-electron chi connectivity index (χ2n) is 6.17. The van der Waals surface area contributed by atoms with Gasteiger partial charge in [-0.05, 0) is 6.92 Å². The van der Waals surface area contributed by atoms with Crippen molar-refractivity contribution in [1.82, 2.24) is 24.1 Å². The normalized spacial score (nSPS) is 22.8. The molecule has 1 aliphatic rings. The Bertz CT molecular complexity index is 895. The van der Waals surface area contributed by atoms with Crippen LogP contribution in [0, 0.1) is 6.92 Å². The van der Waals surface area contributed by atoms with Gasteiger partial charge in [0.05, 0.1) is 42.6 Å². The SMILES string of the molecule is Cc1cn(C2CC(O)[C@@H](CO)S2)c(=O)n(Cc2cn(CC[18F])nn2)c1=O. The molecule has 0 spiro atoms. The zero-order valence-corrected chi connectivity index (χ0v) is 15.0. The molecular weight excluding hydrogens is 364 g/mol. The third-order valence-electron chi connectivity index (χ3n) is 4.28. The fourth-order valence-electron chi connectivity index (χ4n) is 2.92. The Kier molecular flexibility index (Phi) is 5.58. The predicted molar refractivity (Wildman–Crippen MR) is 92.9 cm³/mol. The Morgan fingerprint density at radius 1 is 1.38 bits per heavy atom. The quantitative estimate of drug-likeness (QED) is 0.676. The first-order chi connectivity index (χ1) is 12.4. The number of thioether (sulfide) groups is 1. The first kappa shape index (κ1) is 18.8. The summed E-state index contributed by atoms with van der Waals surface area (Å²) in [5.74, 6) is 0. The summed E-state index contributed by atoms with van der Waals surface area (Å²) >= 11 is 1.30. The Morgan fingerprint density at radius 3 is 2.81 bits per heavy atom. The minimum Gasteiger partial charge on any atom is -0.395 e. The molecule has 0 aliphatic carbocycles. The van der Waals surface area contributed by atoms with Crippen LogP contribution in [0.2, 0.25) is 0 Å². The summed E-state index contributed by atoms with van der Waals surface area (Å²) in [6.07, 6.45) is 2.56. The van der Waals surface area contributed by atoms with Crippen molar-refractivity contribution in [3.05, 3.63) is 44.5 Å². The molecule has 9 nitrogen and oxygen atoms in total. The van der Waals surface area contributed by atoms with Crippen molar-refractivity contribution in [2.24, 2.45) is 0 Å². The average molecular weight is 384 g/mol. The highest BCUT2D eigenvalue weighted by Crippen LogP contribution is 2.40. The molecule has 3 atom stereocenters. The lowest BCUT2D eigenvalue weighted by Gasteiger charge is -2.16. The van der Waals surface area contributed by atoms with Gasteiger partial charge in [0.1, 0.15) is 12.4 Å². The van der Waals surface area contributed by atoms with Crippen LogP contribution >= 0.6 is 11.8 Å². The molecule has 3 heterocycles. The molecule has 2 unspecified atom stereocenters. The molecule has 26 heavy (non-hydrogen) atoms. The van der Waals surface area contributed by atoms with Gasteiger partial charge >= 0.3 is 5.69 Å². The van der Waals surface area contributed by atoms with Crippen molar-refractivity contribution in [1.29, 1.82) is 0 Å². The number of hydrogen-bond acceptors (Lipinski definition) is 7. The first-order valence-electron chi connectivity index (χ1n) is 8.16. The van der Waals surface area contributed by atoms with Crippen LogP contribution in [0.15, 0.2) is 22.0 Å². The smallest absolute Gasteiger partial charge is 0.332 e. The maximum Gasteiger partial charge on any atom is 0.332 e. The predicted octanol–water partition coefficient (Wildman–Crippen LogP) is -0.715. The molecule has 2 N–H and O–H groups in total. The molecule has 0 saturated carbocycles. The van der Waals surface area contributed by atoms with Gasteiger partial charge in [-0.1, -0.05) is 5.21 Å². The highest BCUT2D eigenvalue weighted by molar-refractivity contribution is 8.00. The van der Waals surface area contributed by atoms with Gasteiger partial charge in [0.15, 0.2) is 0 Å². The molecule has 0 aromatic carbocycles. The van der Waals surface area contributed by atoms with Crippen LogP contribution in [-0.4, -0.2) is 59.0 Å². The maximum atomic E-state index is 12.8. The topological polar surface area (TPSA) is 115 Å². The van der Waals surface area contributed by atoms with E-state index < -0.39 is 24.0 Å². The largest absolute Gasteiger partial charge is 0.395 e. The minimum absolute atomic E-state index is 0.0547. The summed E-state index contributed by atoms with van der Waals surface area (Å²) in [5, 5.41) is 26.2. The van der Waals surface area contributed by atoms with Gasteiger partial charge in [-0.3, -0.25) is 13.9 Å². The van der Waals surface area contributed by atoms with Gasteiger partial charge in [0.25, 0.3) is 5.56 Å². The van der Waals surface area contributed by atoms with E-state index >= 15 is 0 Å². The highest BCUT2D eigenvalue weighted by Gasteiger charge is 2.35. The Morgan fingerprint density at radius 2 is 2.15 bits per heavy atom. The number of aliphatic hydroxyl groups excluding tert-OH is 2. The summed E-state index contributed by atoms with van der Waals surface area (Å²) in [5.41, 5.74) is -0.206. The number of halogens is 1. The molecule has 11 heteroatoms. The molecule has 0 radical (unpaired) electrons. The minimum atomic E-state index is -0.719. The number of hydrogen-bond donors (Lipinski definition) is 2. The van der Waals surface area contributed by atoms with Crippen LogP contribution in [0.1, 0.15) is 23.1 Å². The van der Waals surface area contributed by atoms with Crippen molar-refractivity contribution < 1.29 is 14.6 Å². The van der Waals surface area contributed by atoms with Crippen molar-refractivity contribution in [2.45, 2.75) is 43.2 Å². The fraction of sp³-hybridized carbons (Fsp3) is 0.600. The van der Waals surface area contributed by atoms with Crippen LogP contribution in [0.4, 0.5) is 4.39 Å². The lowest BCUT2D eigenvalue weighted by atomic mass is 10.2. The van der Waals surface area contributed by atoms with E-state index in [-0.39, 0.29) is 30.3 Å². The molecule has 1 aliphatic heterocycles. The standard InChI is InChI=1S/C15H20FN5O4S/c1-9-5-20(13-4-11(23)12(8-22)26-13)15(25)21(14(9)24)7-10-6-19(3-2-16)18-17-10/h5-6,11-13,22-23H,2-4,7-8H2,1H3/t11?,12-,13?/m1/s1/i16-1. The lowest BCUT2D eigenvalue weighted by molar-refractivity contribution is 0.137. The van der Waals surface area contributed by atoms with Gasteiger partial charge in [0, 0.05) is 18.2 Å². The second kappa shape index (κ2) is 7.72. The summed E-state index contributed by atoms with van der Waals surface area (Å²) < 4.78 is 16.1. The van der Waals surface area contributed by atoms with Crippen molar-refractivity contribution in [3.63, 3.8) is 0 Å². The average Bonchev–Trinajstić information content (AvgIpc) is 3.21. The first-order valence-corrected chi connectivity index (χ1v) is 9.10. The van der Waals surface area contributed by atoms with Gasteiger partial charge in [-0.15, -0.1) is 16.9 Å². The Labute approximate surface area is 152 Å². The van der Waals surface area contributed by atoms with E-state index in [2.05, 4.69) is 10.3 Å². The van der Waals surface area contributed by atoms with E-state index in [0.717, 1.165) is 4.57 Å². The van der Waals surface area contributed by atoms with Crippen LogP contribution in [0.5, 0.6) is 0 Å². The molecule has 0 bridgehead atoms. The van der Waals surface area contributed by atoms with Gasteiger partial charge < -0.3 is 10.2 Å². The van der Waals surface area contributed by atoms with E-state index in [1.807, 2.05) is 0 Å². The molecule has 1 saturated heterocycles. The number of aliphatic hydroxyl groups is 2. The van der Waals surface area contributed by atoms with Crippen molar-refractivity contribution >= 4 is 11.8 Å². The van der Waals surface area contributed by atoms with E-state index in [0.29, 0.717) is 17.7 Å². The molecule has 142 valence electrons. The summed E-state index contributed by atoms with van der Waals surface area (Å²) in [4.78, 5) is 25.2. The van der Waals surface area contributed by atoms with Crippen LogP contribution in [0.25, 0.3) is 0 Å². The van der Waals surface area contributed by atoms with Crippen molar-refractivity contribution in [3.8, 4) is 0 Å². The zero-order valence-electron chi connectivity index (χ0n) is 14.2. The molecule has 2 aromatic heterocycles. The number of rotatable bonds is 6. The van der Waals surface area contributed by atoms with E-state index in [1.54, 1.807) is 6.92 Å². The fourth-order valence-corrected chi connectivity index (χ4v) is 4.30. The molecule has 1 fully saturated rings. The molecule has 2 aromatic rings. The lowest BCUT2D eigenvalue weighted by Crippen LogP contribution is -2.41. The summed E-state index contributed by atoms with van der Waals surface area (Å²) in [6, 6.07) is 0. The van der Waals surface area contributed by atoms with E-state index in [1.165, 1.54) is 33.4 Å². The van der Waals surface area contributed by atoms with E-state index in [9.17, 15) is 24.2 Å². The highest BCUT2D eigenvalue weighted by atomic mass is 32.2. The third kappa shape index (κ3) is 3.60. The maximum absolute atomic E-state index is 12.8. The molecule has 0 amide bonds. The molecule has 3 rings (SSSR count). The summed E-state index contributed by atoms with van der Waals surface area (Å²) in [6.45, 7) is 0.809. The Balaban J connectivity index is 1.94. The number of nitrogens with zero attached hydrogens (tertiary/aromatic N) is 5. The second-order valence-corrected chi connectivity index (χ2v) is 7.59. The van der Waals surface area contributed by atoms with Crippen LogP contribution in [0.3, 0.4) is 0 Å². The number of alkyl halides is 1. The monoisotopic (exact) mass is 384 g/mol. The Hall–Kier alpha value is -1.98. The third-order valence-corrected chi connectivity index (χ3v) is 5.83. The number of aromatic nitrogens is 5. The van der Waals surface area contributed by atoms with Crippen LogP contribution < -0.4 is 11.2 Å². The van der Waals surface area contributed by atoms with Crippen molar-refractivity contribution in [2.75, 3.05) is 13.3 Å². The van der Waals surface area contributed by atoms with Crippen LogP contribution in [-0.2, 0) is 13.1 Å². The summed E-state index contributed by atoms with van der Waals surface area (Å²) in [7, 11) is 0. The van der Waals surface area contributed by atoms with E-state index in [4.69, 9.17) is 0 Å². The molecular formula is C15H20FN5O4S.